The van der Waals surface area contributed by atoms with Crippen LogP contribution in [0.25, 0.3) is 0 Å². The second kappa shape index (κ2) is 4.66. The van der Waals surface area contributed by atoms with Gasteiger partial charge in [0, 0.05) is 12.2 Å². The molecule has 1 aromatic heterocycles. The van der Waals surface area contributed by atoms with Crippen LogP contribution in [0.5, 0.6) is 0 Å². The van der Waals surface area contributed by atoms with E-state index in [4.69, 9.17) is 14.9 Å². The molecule has 0 amide bonds. The molecular weight excluding hydrogens is 242 g/mol. The van der Waals surface area contributed by atoms with Crippen LogP contribution in [0.1, 0.15) is 25.2 Å². The van der Waals surface area contributed by atoms with E-state index in [0.29, 0.717) is 24.0 Å². The molecule has 2 N–H and O–H groups in total. The van der Waals surface area contributed by atoms with Gasteiger partial charge in [0.25, 0.3) is 5.22 Å². The maximum absolute atomic E-state index is 11.5. The van der Waals surface area contributed by atoms with Crippen LogP contribution in [-0.2, 0) is 9.53 Å². The molecule has 2 unspecified atom stereocenters. The Balaban J connectivity index is 1.96. The lowest BCUT2D eigenvalue weighted by Crippen LogP contribution is -2.46. The summed E-state index contributed by atoms with van der Waals surface area (Å²) in [7, 11) is 1.36. The molecule has 1 heterocycles. The van der Waals surface area contributed by atoms with Gasteiger partial charge in [-0.15, -0.1) is 10.2 Å². The lowest BCUT2D eigenvalue weighted by molar-refractivity contribution is -0.146. The first-order chi connectivity index (χ1) is 8.03. The zero-order chi connectivity index (χ0) is 12.5. The number of carbonyl (C=O) groups is 1. The number of thioether (sulfide) groups is 1. The zero-order valence-corrected chi connectivity index (χ0v) is 10.6. The quantitative estimate of drug-likeness (QED) is 0.804. The first-order valence-electron chi connectivity index (χ1n) is 5.37. The number of hydrogen-bond donors (Lipinski definition) is 1. The van der Waals surface area contributed by atoms with Crippen molar-refractivity contribution in [2.75, 3.05) is 7.11 Å². The first-order valence-corrected chi connectivity index (χ1v) is 6.25. The zero-order valence-electron chi connectivity index (χ0n) is 9.80. The monoisotopic (exact) mass is 257 g/mol. The summed E-state index contributed by atoms with van der Waals surface area (Å²) in [6.07, 6.45) is 2.05. The average molecular weight is 257 g/mol. The maximum atomic E-state index is 11.5. The third-order valence-corrected chi connectivity index (χ3v) is 3.97. The van der Waals surface area contributed by atoms with Crippen molar-refractivity contribution in [2.45, 2.75) is 42.2 Å². The summed E-state index contributed by atoms with van der Waals surface area (Å²) in [6.45, 7) is 1.74. The molecule has 7 heteroatoms. The number of aromatic nitrogens is 2. The highest BCUT2D eigenvalue weighted by atomic mass is 32.2. The standard InChI is InChI=1S/C10H15N3O3S/c1-6-12-13-9(16-6)17-7-3-4-10(11,5-7)8(14)15-2/h7H,3-5,11H2,1-2H3. The second-order valence-corrected chi connectivity index (χ2v) is 5.47. The summed E-state index contributed by atoms with van der Waals surface area (Å²) in [5, 5.41) is 8.42. The number of ether oxygens (including phenoxy) is 1. The Kier molecular flexibility index (Phi) is 3.39. The molecule has 6 nitrogen and oxygen atoms in total. The van der Waals surface area contributed by atoms with Gasteiger partial charge < -0.3 is 14.9 Å². The number of nitrogens with zero attached hydrogens (tertiary/aromatic N) is 2. The van der Waals surface area contributed by atoms with Crippen molar-refractivity contribution in [3.8, 4) is 0 Å². The van der Waals surface area contributed by atoms with Gasteiger partial charge >= 0.3 is 5.97 Å². The lowest BCUT2D eigenvalue weighted by atomic mass is 10.00. The molecule has 0 aromatic carbocycles. The minimum Gasteiger partial charge on any atom is -0.468 e. The van der Waals surface area contributed by atoms with Crippen molar-refractivity contribution < 1.29 is 13.9 Å². The van der Waals surface area contributed by atoms with E-state index in [1.54, 1.807) is 6.92 Å². The van der Waals surface area contributed by atoms with Crippen LogP contribution in [0.4, 0.5) is 0 Å². The summed E-state index contributed by atoms with van der Waals surface area (Å²) in [4.78, 5) is 11.5. The largest absolute Gasteiger partial charge is 0.468 e. The van der Waals surface area contributed by atoms with E-state index in [-0.39, 0.29) is 11.2 Å². The summed E-state index contributed by atoms with van der Waals surface area (Å²) in [5.74, 6) is 0.194. The van der Waals surface area contributed by atoms with E-state index in [9.17, 15) is 4.79 Å². The lowest BCUT2D eigenvalue weighted by Gasteiger charge is -2.20. The van der Waals surface area contributed by atoms with Gasteiger partial charge in [-0.25, -0.2) is 0 Å². The molecular formula is C10H15N3O3S. The van der Waals surface area contributed by atoms with Crippen LogP contribution in [0, 0.1) is 6.92 Å². The molecule has 1 aliphatic rings. The molecule has 2 atom stereocenters. The van der Waals surface area contributed by atoms with Crippen LogP contribution in [-0.4, -0.2) is 34.1 Å². The number of rotatable bonds is 3. The molecule has 1 fully saturated rings. The van der Waals surface area contributed by atoms with Gasteiger partial charge in [-0.2, -0.15) is 0 Å². The van der Waals surface area contributed by atoms with Gasteiger partial charge in [-0.3, -0.25) is 4.79 Å². The van der Waals surface area contributed by atoms with Crippen molar-refractivity contribution in [3.63, 3.8) is 0 Å². The van der Waals surface area contributed by atoms with Crippen LogP contribution in [0.2, 0.25) is 0 Å². The molecule has 17 heavy (non-hydrogen) atoms. The van der Waals surface area contributed by atoms with Gasteiger partial charge in [-0.05, 0) is 19.3 Å². The molecule has 2 rings (SSSR count). The van der Waals surface area contributed by atoms with Crippen molar-refractivity contribution in [1.29, 1.82) is 0 Å². The van der Waals surface area contributed by atoms with Crippen LogP contribution < -0.4 is 5.73 Å². The first kappa shape index (κ1) is 12.4. The predicted octanol–water partition coefficient (Wildman–Crippen LogP) is 0.893. The minimum atomic E-state index is -0.860. The van der Waals surface area contributed by atoms with E-state index in [2.05, 4.69) is 10.2 Å². The van der Waals surface area contributed by atoms with Crippen molar-refractivity contribution in [1.82, 2.24) is 10.2 Å². The molecule has 0 bridgehead atoms. The summed E-state index contributed by atoms with van der Waals surface area (Å²) in [5.41, 5.74) is 5.15. The fraction of sp³-hybridized carbons (Fsp3) is 0.700. The molecule has 1 saturated carbocycles. The normalized spacial score (nSPS) is 28.3. The summed E-state index contributed by atoms with van der Waals surface area (Å²) in [6, 6.07) is 0. The molecule has 94 valence electrons. The van der Waals surface area contributed by atoms with E-state index in [0.717, 1.165) is 6.42 Å². The Morgan fingerprint density at radius 2 is 2.41 bits per heavy atom. The van der Waals surface area contributed by atoms with E-state index in [1.165, 1.54) is 18.9 Å². The fourth-order valence-electron chi connectivity index (χ4n) is 1.99. The Bertz CT molecular complexity index is 423. The Morgan fingerprint density at radius 3 is 3.00 bits per heavy atom. The van der Waals surface area contributed by atoms with Gasteiger partial charge in [0.2, 0.25) is 5.89 Å². The summed E-state index contributed by atoms with van der Waals surface area (Å²) < 4.78 is 10.00. The van der Waals surface area contributed by atoms with Crippen molar-refractivity contribution in [3.05, 3.63) is 5.89 Å². The van der Waals surface area contributed by atoms with Crippen LogP contribution >= 0.6 is 11.8 Å². The second-order valence-electron chi connectivity index (χ2n) is 4.22. The van der Waals surface area contributed by atoms with Gasteiger partial charge in [-0.1, -0.05) is 11.8 Å². The topological polar surface area (TPSA) is 91.2 Å². The van der Waals surface area contributed by atoms with E-state index < -0.39 is 5.54 Å². The van der Waals surface area contributed by atoms with Crippen LogP contribution in [0.15, 0.2) is 9.64 Å². The number of hydrogen-bond acceptors (Lipinski definition) is 7. The van der Waals surface area contributed by atoms with E-state index >= 15 is 0 Å². The number of carbonyl (C=O) groups excluding carboxylic acids is 1. The summed E-state index contributed by atoms with van der Waals surface area (Å²) >= 11 is 1.47. The molecule has 1 aromatic rings. The van der Waals surface area contributed by atoms with Gasteiger partial charge in [0.15, 0.2) is 0 Å². The third kappa shape index (κ3) is 2.61. The fourth-order valence-corrected chi connectivity index (χ4v) is 3.15. The highest BCUT2D eigenvalue weighted by molar-refractivity contribution is 7.99. The predicted molar refractivity (Wildman–Crippen MR) is 61.5 cm³/mol. The molecule has 1 aliphatic carbocycles. The van der Waals surface area contributed by atoms with E-state index in [1.807, 2.05) is 0 Å². The smallest absolute Gasteiger partial charge is 0.325 e. The number of aryl methyl sites for hydroxylation is 1. The number of methoxy groups -OCH3 is 1. The van der Waals surface area contributed by atoms with Gasteiger partial charge in [0.1, 0.15) is 5.54 Å². The number of esters is 1. The number of nitrogens with two attached hydrogens (primary N) is 1. The molecule has 0 aliphatic heterocycles. The Morgan fingerprint density at radius 1 is 1.65 bits per heavy atom. The third-order valence-electron chi connectivity index (χ3n) is 2.87. The highest BCUT2D eigenvalue weighted by Gasteiger charge is 2.43. The van der Waals surface area contributed by atoms with Gasteiger partial charge in [0.05, 0.1) is 7.11 Å². The van der Waals surface area contributed by atoms with Crippen molar-refractivity contribution in [2.24, 2.45) is 5.73 Å². The maximum Gasteiger partial charge on any atom is 0.325 e. The Hall–Kier alpha value is -1.08. The van der Waals surface area contributed by atoms with Crippen molar-refractivity contribution >= 4 is 17.7 Å². The Labute approximate surface area is 103 Å². The molecule has 0 spiro atoms. The average Bonchev–Trinajstić information content (AvgIpc) is 2.86. The molecule has 0 saturated heterocycles. The van der Waals surface area contributed by atoms with Crippen LogP contribution in [0.3, 0.4) is 0 Å². The minimum absolute atomic E-state index is 0.221. The molecule has 0 radical (unpaired) electrons. The SMILES string of the molecule is COC(=O)C1(N)CCC(Sc2nnc(C)o2)C1. The highest BCUT2D eigenvalue weighted by Crippen LogP contribution is 2.39.